The van der Waals surface area contributed by atoms with Crippen LogP contribution in [-0.4, -0.2) is 24.1 Å². The highest BCUT2D eigenvalue weighted by atomic mass is 15.2. The van der Waals surface area contributed by atoms with E-state index in [9.17, 15) is 0 Å². The average Bonchev–Trinajstić information content (AvgIpc) is 3.90. The van der Waals surface area contributed by atoms with Crippen molar-refractivity contribution in [2.45, 2.75) is 39.2 Å². The Labute approximate surface area is 354 Å². The first kappa shape index (κ1) is 35.4. The van der Waals surface area contributed by atoms with Gasteiger partial charge in [-0.15, -0.1) is 0 Å². The lowest BCUT2D eigenvalue weighted by Crippen LogP contribution is -2.38. The maximum Gasteiger partial charge on any atom is 0.238 e. The van der Waals surface area contributed by atoms with Gasteiger partial charge in [-0.3, -0.25) is 4.57 Å². The van der Waals surface area contributed by atoms with Gasteiger partial charge >= 0.3 is 0 Å². The molecule has 3 aromatic heterocycles. The van der Waals surface area contributed by atoms with Crippen molar-refractivity contribution in [3.63, 3.8) is 0 Å². The van der Waals surface area contributed by atoms with Crippen molar-refractivity contribution < 1.29 is 0 Å². The Morgan fingerprint density at radius 3 is 1.98 bits per heavy atom. The van der Waals surface area contributed by atoms with Crippen LogP contribution in [0.1, 0.15) is 43.6 Å². The van der Waals surface area contributed by atoms with E-state index in [-0.39, 0.29) is 5.54 Å². The summed E-state index contributed by atoms with van der Waals surface area (Å²) in [7, 11) is 0. The zero-order valence-corrected chi connectivity index (χ0v) is 34.3. The highest BCUT2D eigenvalue weighted by Gasteiger charge is 2.43. The molecule has 0 saturated heterocycles. The SMILES string of the molecule is CCCC12NC(=CC=C1C)c1cc(-c3cccc(-c4ccc5c(c4)c4cc6c7ccccc7n(-c7nc(C)nc(-c8ccccc8)n7)c6cc4n5-c4ccccc4)c3)ccc12. The molecular formula is C55H42N6. The second kappa shape index (κ2) is 13.5. The molecule has 6 nitrogen and oxygen atoms in total. The summed E-state index contributed by atoms with van der Waals surface area (Å²) in [5.74, 6) is 1.94. The molecule has 292 valence electrons. The number of hydrogen-bond donors (Lipinski definition) is 1. The number of benzene rings is 7. The van der Waals surface area contributed by atoms with E-state index in [1.807, 2.05) is 37.3 Å². The zero-order valence-electron chi connectivity index (χ0n) is 34.3. The molecular weight excluding hydrogens is 745 g/mol. The van der Waals surface area contributed by atoms with E-state index >= 15 is 0 Å². The van der Waals surface area contributed by atoms with Crippen LogP contribution in [0.3, 0.4) is 0 Å². The molecule has 0 radical (unpaired) electrons. The zero-order chi connectivity index (χ0) is 40.8. The van der Waals surface area contributed by atoms with Crippen molar-refractivity contribution in [1.29, 1.82) is 0 Å². The molecule has 0 amide bonds. The maximum absolute atomic E-state index is 5.09. The first-order valence-corrected chi connectivity index (χ1v) is 21.3. The van der Waals surface area contributed by atoms with Crippen molar-refractivity contribution in [1.82, 2.24) is 29.4 Å². The lowest BCUT2D eigenvalue weighted by molar-refractivity contribution is 0.429. The molecule has 0 fully saturated rings. The van der Waals surface area contributed by atoms with Gasteiger partial charge in [0.15, 0.2) is 5.82 Å². The van der Waals surface area contributed by atoms with Crippen molar-refractivity contribution in [2.24, 2.45) is 0 Å². The predicted octanol–water partition coefficient (Wildman–Crippen LogP) is 13.3. The Kier molecular flexibility index (Phi) is 7.82. The molecule has 0 aliphatic carbocycles. The van der Waals surface area contributed by atoms with E-state index in [0.717, 1.165) is 56.9 Å². The summed E-state index contributed by atoms with van der Waals surface area (Å²) in [6, 6.07) is 57.1. The van der Waals surface area contributed by atoms with Crippen molar-refractivity contribution in [3.05, 3.63) is 192 Å². The third-order valence-electron chi connectivity index (χ3n) is 13.0. The Balaban J connectivity index is 1.04. The van der Waals surface area contributed by atoms with Gasteiger partial charge in [0.2, 0.25) is 5.95 Å². The normalized spacial score (nSPS) is 15.7. The van der Waals surface area contributed by atoms with Crippen molar-refractivity contribution in [2.75, 3.05) is 0 Å². The fourth-order valence-electron chi connectivity index (χ4n) is 10.1. The molecule has 61 heavy (non-hydrogen) atoms. The number of hydrogen-bond acceptors (Lipinski definition) is 4. The predicted molar refractivity (Wildman–Crippen MR) is 251 cm³/mol. The van der Waals surface area contributed by atoms with E-state index in [0.29, 0.717) is 17.6 Å². The second-order valence-corrected chi connectivity index (χ2v) is 16.6. The lowest BCUT2D eigenvalue weighted by atomic mass is 9.80. The third-order valence-corrected chi connectivity index (χ3v) is 13.0. The molecule has 5 heterocycles. The van der Waals surface area contributed by atoms with E-state index in [1.165, 1.54) is 55.4 Å². The summed E-state index contributed by atoms with van der Waals surface area (Å²) in [5.41, 5.74) is 16.5. The van der Waals surface area contributed by atoms with Crippen molar-refractivity contribution in [3.8, 4) is 45.3 Å². The Morgan fingerprint density at radius 2 is 1.16 bits per heavy atom. The van der Waals surface area contributed by atoms with E-state index in [2.05, 4.69) is 168 Å². The number of aryl methyl sites for hydroxylation is 1. The van der Waals surface area contributed by atoms with Gasteiger partial charge in [0, 0.05) is 44.1 Å². The molecule has 1 unspecified atom stereocenters. The summed E-state index contributed by atoms with van der Waals surface area (Å²) in [6.45, 7) is 6.48. The molecule has 12 rings (SSSR count). The molecule has 2 aliphatic rings. The summed E-state index contributed by atoms with van der Waals surface area (Å²) < 4.78 is 4.60. The van der Waals surface area contributed by atoms with Gasteiger partial charge in [0.25, 0.3) is 0 Å². The maximum atomic E-state index is 5.09. The highest BCUT2D eigenvalue weighted by molar-refractivity contribution is 6.19. The van der Waals surface area contributed by atoms with Gasteiger partial charge in [-0.25, -0.2) is 4.98 Å². The smallest absolute Gasteiger partial charge is 0.238 e. The van der Waals surface area contributed by atoms with Gasteiger partial charge in [-0.2, -0.15) is 9.97 Å². The highest BCUT2D eigenvalue weighted by Crippen LogP contribution is 2.48. The Hall–Kier alpha value is -7.57. The minimum Gasteiger partial charge on any atom is -0.371 e. The van der Waals surface area contributed by atoms with Crippen LogP contribution < -0.4 is 5.32 Å². The number of para-hydroxylation sites is 2. The van der Waals surface area contributed by atoms with Crippen molar-refractivity contribution >= 4 is 49.3 Å². The molecule has 0 saturated carbocycles. The summed E-state index contributed by atoms with van der Waals surface area (Å²) >= 11 is 0. The topological polar surface area (TPSA) is 60.6 Å². The molecule has 7 aromatic carbocycles. The van der Waals surface area contributed by atoms with E-state index in [1.54, 1.807) is 0 Å². The number of fused-ring (bicyclic) bond motifs is 11. The van der Waals surface area contributed by atoms with E-state index < -0.39 is 0 Å². The molecule has 1 atom stereocenters. The first-order chi connectivity index (χ1) is 30.0. The number of nitrogens with one attached hydrogen (secondary N) is 1. The quantitative estimate of drug-likeness (QED) is 0.175. The monoisotopic (exact) mass is 786 g/mol. The van der Waals surface area contributed by atoms with Crippen LogP contribution in [0.25, 0.3) is 94.6 Å². The minimum absolute atomic E-state index is 0.0961. The number of rotatable bonds is 7. The number of nitrogens with zero attached hydrogens (tertiary/aromatic N) is 5. The van der Waals surface area contributed by atoms with Gasteiger partial charge < -0.3 is 9.88 Å². The minimum atomic E-state index is -0.0961. The van der Waals surface area contributed by atoms with Crippen LogP contribution in [0, 0.1) is 6.92 Å². The average molecular weight is 787 g/mol. The van der Waals surface area contributed by atoms with Crippen LogP contribution in [0.15, 0.2) is 175 Å². The van der Waals surface area contributed by atoms with Crippen LogP contribution in [0.4, 0.5) is 0 Å². The van der Waals surface area contributed by atoms with Crippen LogP contribution in [-0.2, 0) is 5.54 Å². The van der Waals surface area contributed by atoms with Crippen LogP contribution in [0.5, 0.6) is 0 Å². The standard InChI is InChI=1S/C55H42N6/c1-4-28-55-34(2)22-26-48(59-55)46-31-39(23-25-47(46)55)37-16-13-17-38(29-37)40-24-27-50-43(30-40)45-32-44-42-20-11-12-21-49(42)61(52(44)33-51(45)60(50)41-18-9-6-10-19-41)54-57-35(3)56-53(58-54)36-14-7-5-8-15-36/h5-27,29-33,59H,4,28H2,1-3H3. The fraction of sp³-hybridized carbons (Fsp3) is 0.109. The number of allylic oxidation sites excluding steroid dienone is 2. The third kappa shape index (κ3) is 5.38. The van der Waals surface area contributed by atoms with E-state index in [4.69, 9.17) is 15.0 Å². The van der Waals surface area contributed by atoms with Gasteiger partial charge in [0.1, 0.15) is 5.82 Å². The van der Waals surface area contributed by atoms with Crippen LogP contribution >= 0.6 is 0 Å². The summed E-state index contributed by atoms with van der Waals surface area (Å²) in [4.78, 5) is 14.8. The molecule has 10 aromatic rings. The van der Waals surface area contributed by atoms with Crippen LogP contribution in [0.2, 0.25) is 0 Å². The van der Waals surface area contributed by atoms with Gasteiger partial charge in [0.05, 0.1) is 27.6 Å². The molecule has 2 aliphatic heterocycles. The lowest BCUT2D eigenvalue weighted by Gasteiger charge is -2.34. The molecule has 0 spiro atoms. The molecule has 1 N–H and O–H groups in total. The van der Waals surface area contributed by atoms with Gasteiger partial charge in [-0.05, 0) is 114 Å². The second-order valence-electron chi connectivity index (χ2n) is 16.6. The first-order valence-electron chi connectivity index (χ1n) is 21.3. The Bertz CT molecular complexity index is 3480. The number of aromatic nitrogens is 5. The molecule has 6 heteroatoms. The fourth-order valence-corrected chi connectivity index (χ4v) is 10.1. The summed E-state index contributed by atoms with van der Waals surface area (Å²) in [5, 5.41) is 8.60. The Morgan fingerprint density at radius 1 is 0.508 bits per heavy atom. The largest absolute Gasteiger partial charge is 0.371 e. The van der Waals surface area contributed by atoms with Gasteiger partial charge in [-0.1, -0.05) is 123 Å². The summed E-state index contributed by atoms with van der Waals surface area (Å²) in [6.07, 6.45) is 6.75. The molecule has 2 bridgehead atoms. The number of dihydropyridines is 1.